The van der Waals surface area contributed by atoms with Gasteiger partial charge in [0.25, 0.3) is 0 Å². The lowest BCUT2D eigenvalue weighted by Gasteiger charge is -2.36. The Morgan fingerprint density at radius 2 is 2.00 bits per heavy atom. The first-order valence-corrected chi connectivity index (χ1v) is 5.04. The summed E-state index contributed by atoms with van der Waals surface area (Å²) in [5.74, 6) is 0. The Morgan fingerprint density at radius 3 is 2.42 bits per heavy atom. The average molecular weight is 190 g/mol. The highest BCUT2D eigenvalue weighted by molar-refractivity contribution is 6.63. The molecule has 1 aliphatic rings. The normalized spacial score (nSPS) is 21.8. The van der Waals surface area contributed by atoms with Crippen molar-refractivity contribution in [3.05, 3.63) is 0 Å². The Bertz CT molecular complexity index is 164. The molecule has 0 bridgehead atoms. The average Bonchev–Trinajstić information content (AvgIpc) is 2.05. The van der Waals surface area contributed by atoms with Gasteiger partial charge in [0, 0.05) is 5.54 Å². The Hall–Kier alpha value is -0.240. The first kappa shape index (κ1) is 9.85. The number of rotatable bonds is 2. The third-order valence-electron chi connectivity index (χ3n) is 2.85. The molecule has 0 spiro atoms. The number of hydrogen-bond donors (Lipinski definition) is 1. The SMILES string of the molecule is CCC1(NC(=O)Cl)CCCCC1. The third-order valence-corrected chi connectivity index (χ3v) is 2.95. The van der Waals surface area contributed by atoms with Crippen LogP contribution in [0.25, 0.3) is 0 Å². The van der Waals surface area contributed by atoms with E-state index in [0.29, 0.717) is 0 Å². The van der Waals surface area contributed by atoms with E-state index in [1.807, 2.05) is 0 Å². The summed E-state index contributed by atoms with van der Waals surface area (Å²) in [5.41, 5.74) is 0.0110. The number of hydrogen-bond acceptors (Lipinski definition) is 1. The van der Waals surface area contributed by atoms with E-state index in [1.54, 1.807) is 0 Å². The molecule has 12 heavy (non-hydrogen) atoms. The van der Waals surface area contributed by atoms with Crippen LogP contribution in [-0.4, -0.2) is 10.9 Å². The molecule has 0 radical (unpaired) electrons. The summed E-state index contributed by atoms with van der Waals surface area (Å²) >= 11 is 5.33. The standard InChI is InChI=1S/C9H16ClNO/c1-2-9(11-8(10)12)6-4-3-5-7-9/h2-7H2,1H3,(H,11,12). The van der Waals surface area contributed by atoms with E-state index in [2.05, 4.69) is 12.2 Å². The molecule has 0 aromatic rings. The monoisotopic (exact) mass is 189 g/mol. The van der Waals surface area contributed by atoms with Crippen LogP contribution < -0.4 is 5.32 Å². The predicted octanol–water partition coefficient (Wildman–Crippen LogP) is 3.05. The van der Waals surface area contributed by atoms with Gasteiger partial charge >= 0.3 is 5.37 Å². The Labute approximate surface area is 78.7 Å². The van der Waals surface area contributed by atoms with Crippen molar-refractivity contribution >= 4 is 17.0 Å². The van der Waals surface area contributed by atoms with Crippen LogP contribution in [0.1, 0.15) is 45.4 Å². The molecule has 0 unspecified atom stereocenters. The molecule has 2 nitrogen and oxygen atoms in total. The van der Waals surface area contributed by atoms with Crippen molar-refractivity contribution in [3.63, 3.8) is 0 Å². The minimum absolute atomic E-state index is 0.0110. The fourth-order valence-corrected chi connectivity index (χ4v) is 2.20. The largest absolute Gasteiger partial charge is 0.337 e. The minimum Gasteiger partial charge on any atom is -0.337 e. The fourth-order valence-electron chi connectivity index (χ4n) is 2.00. The smallest absolute Gasteiger partial charge is 0.314 e. The Morgan fingerprint density at radius 1 is 1.42 bits per heavy atom. The van der Waals surface area contributed by atoms with Gasteiger partial charge in [-0.05, 0) is 30.9 Å². The molecule has 0 heterocycles. The van der Waals surface area contributed by atoms with Gasteiger partial charge in [-0.3, -0.25) is 4.79 Å². The van der Waals surface area contributed by atoms with Crippen LogP contribution in [0.3, 0.4) is 0 Å². The summed E-state index contributed by atoms with van der Waals surface area (Å²) < 4.78 is 0. The summed E-state index contributed by atoms with van der Waals surface area (Å²) in [6.45, 7) is 2.11. The molecular weight excluding hydrogens is 174 g/mol. The number of carbonyl (C=O) groups excluding carboxylic acids is 1. The quantitative estimate of drug-likeness (QED) is 0.525. The van der Waals surface area contributed by atoms with Gasteiger partial charge in [-0.2, -0.15) is 0 Å². The van der Waals surface area contributed by atoms with E-state index in [0.717, 1.165) is 19.3 Å². The zero-order valence-electron chi connectivity index (χ0n) is 7.53. The summed E-state index contributed by atoms with van der Waals surface area (Å²) in [6.07, 6.45) is 6.88. The first-order valence-electron chi connectivity index (χ1n) is 4.66. The van der Waals surface area contributed by atoms with Gasteiger partial charge in [-0.25, -0.2) is 0 Å². The van der Waals surface area contributed by atoms with Crippen molar-refractivity contribution in [2.24, 2.45) is 0 Å². The molecule has 1 amide bonds. The van der Waals surface area contributed by atoms with Gasteiger partial charge in [0.1, 0.15) is 0 Å². The molecule has 0 aromatic carbocycles. The lowest BCUT2D eigenvalue weighted by atomic mass is 9.80. The summed E-state index contributed by atoms with van der Waals surface area (Å²) in [6, 6.07) is 0. The van der Waals surface area contributed by atoms with Crippen LogP contribution in [0.2, 0.25) is 0 Å². The number of halogens is 1. The zero-order valence-corrected chi connectivity index (χ0v) is 8.28. The second kappa shape index (κ2) is 4.13. The number of carbonyl (C=O) groups is 1. The molecule has 1 N–H and O–H groups in total. The second-order valence-corrected chi connectivity index (χ2v) is 3.94. The van der Waals surface area contributed by atoms with Crippen molar-refractivity contribution in [1.82, 2.24) is 5.32 Å². The molecule has 0 atom stereocenters. The van der Waals surface area contributed by atoms with E-state index >= 15 is 0 Å². The van der Waals surface area contributed by atoms with Crippen LogP contribution in [0.5, 0.6) is 0 Å². The maximum Gasteiger partial charge on any atom is 0.314 e. The van der Waals surface area contributed by atoms with E-state index in [4.69, 9.17) is 11.6 Å². The van der Waals surface area contributed by atoms with Crippen LogP contribution in [0.4, 0.5) is 4.79 Å². The zero-order chi connectivity index (χ0) is 9.03. The highest BCUT2D eigenvalue weighted by atomic mass is 35.5. The van der Waals surface area contributed by atoms with Gasteiger partial charge in [0.05, 0.1) is 0 Å². The van der Waals surface area contributed by atoms with Gasteiger partial charge in [-0.15, -0.1) is 0 Å². The number of amides is 1. The molecule has 0 aliphatic heterocycles. The Balaban J connectivity index is 2.53. The van der Waals surface area contributed by atoms with Gasteiger partial charge in [0.15, 0.2) is 0 Å². The third kappa shape index (κ3) is 2.37. The van der Waals surface area contributed by atoms with Gasteiger partial charge in [0.2, 0.25) is 0 Å². The predicted molar refractivity (Wildman–Crippen MR) is 50.5 cm³/mol. The summed E-state index contributed by atoms with van der Waals surface area (Å²) in [5, 5.41) is 2.47. The highest BCUT2D eigenvalue weighted by Crippen LogP contribution is 2.30. The van der Waals surface area contributed by atoms with Crippen molar-refractivity contribution < 1.29 is 4.79 Å². The van der Waals surface area contributed by atoms with Gasteiger partial charge in [-0.1, -0.05) is 26.2 Å². The lowest BCUT2D eigenvalue weighted by Crippen LogP contribution is -2.47. The molecule has 1 fully saturated rings. The number of nitrogens with one attached hydrogen (secondary N) is 1. The van der Waals surface area contributed by atoms with Gasteiger partial charge < -0.3 is 5.32 Å². The van der Waals surface area contributed by atoms with Crippen LogP contribution in [0.15, 0.2) is 0 Å². The molecule has 3 heteroatoms. The van der Waals surface area contributed by atoms with E-state index in [-0.39, 0.29) is 5.54 Å². The first-order chi connectivity index (χ1) is 5.68. The Kier molecular flexibility index (Phi) is 3.39. The molecular formula is C9H16ClNO. The van der Waals surface area contributed by atoms with Crippen LogP contribution >= 0.6 is 11.6 Å². The summed E-state index contributed by atoms with van der Waals surface area (Å²) in [7, 11) is 0. The topological polar surface area (TPSA) is 29.1 Å². The molecule has 1 rings (SSSR count). The van der Waals surface area contributed by atoms with Crippen molar-refractivity contribution in [2.45, 2.75) is 51.0 Å². The summed E-state index contributed by atoms with van der Waals surface area (Å²) in [4.78, 5) is 10.7. The maximum absolute atomic E-state index is 10.7. The lowest BCUT2D eigenvalue weighted by molar-refractivity contribution is 0.214. The molecule has 1 aliphatic carbocycles. The molecule has 70 valence electrons. The van der Waals surface area contributed by atoms with E-state index in [1.165, 1.54) is 19.3 Å². The van der Waals surface area contributed by atoms with Crippen molar-refractivity contribution in [1.29, 1.82) is 0 Å². The van der Waals surface area contributed by atoms with Crippen molar-refractivity contribution in [2.75, 3.05) is 0 Å². The van der Waals surface area contributed by atoms with E-state index < -0.39 is 5.37 Å². The van der Waals surface area contributed by atoms with Crippen molar-refractivity contribution in [3.8, 4) is 0 Å². The second-order valence-electron chi connectivity index (χ2n) is 3.59. The van der Waals surface area contributed by atoms with Crippen LogP contribution in [-0.2, 0) is 0 Å². The molecule has 1 saturated carbocycles. The fraction of sp³-hybridized carbons (Fsp3) is 0.889. The van der Waals surface area contributed by atoms with E-state index in [9.17, 15) is 4.79 Å². The molecule has 0 saturated heterocycles. The highest BCUT2D eigenvalue weighted by Gasteiger charge is 2.30. The minimum atomic E-state index is -0.404. The molecule has 0 aromatic heterocycles. The van der Waals surface area contributed by atoms with Crippen LogP contribution in [0, 0.1) is 0 Å². The maximum atomic E-state index is 10.7.